The molecule has 2 aromatic carbocycles. The molecule has 0 bridgehead atoms. The molecule has 1 aliphatic heterocycles. The van der Waals surface area contributed by atoms with Crippen LogP contribution >= 0.6 is 37.2 Å². The fourth-order valence-electron chi connectivity index (χ4n) is 4.24. The molecule has 9 nitrogen and oxygen atoms in total. The number of oxazole rings is 1. The van der Waals surface area contributed by atoms with E-state index in [2.05, 4.69) is 38.5 Å². The Morgan fingerprint density at radius 2 is 1.85 bits per heavy atom. The highest BCUT2D eigenvalue weighted by Gasteiger charge is 2.19. The highest BCUT2D eigenvalue weighted by atomic mass is 35.5. The lowest BCUT2D eigenvalue weighted by molar-refractivity contribution is 0.626. The summed E-state index contributed by atoms with van der Waals surface area (Å²) in [5.74, 6) is 0.391. The molecule has 178 valence electrons. The lowest BCUT2D eigenvalue weighted by Gasteiger charge is -2.18. The van der Waals surface area contributed by atoms with E-state index in [0.717, 1.165) is 30.5 Å². The van der Waals surface area contributed by atoms with Gasteiger partial charge in [-0.05, 0) is 47.9 Å². The Bertz CT molecular complexity index is 1470. The van der Waals surface area contributed by atoms with E-state index < -0.39 is 0 Å². The summed E-state index contributed by atoms with van der Waals surface area (Å²) in [7, 11) is 0. The van der Waals surface area contributed by atoms with Crippen LogP contribution in [0.1, 0.15) is 16.7 Å². The molecule has 0 radical (unpaired) electrons. The molecule has 0 aliphatic carbocycles. The van der Waals surface area contributed by atoms with Crippen molar-refractivity contribution in [1.82, 2.24) is 30.0 Å². The van der Waals surface area contributed by atoms with Crippen molar-refractivity contribution in [3.63, 3.8) is 0 Å². The standard InChI is InChI=1S/C22H20N8O.3ClH/c23-20-18-19(14-3-4-17-16(8-14)28-22(24)31-17)29-30(21(18)27-11-26-20)10-12-1-2-15-9-25-6-5-13(15)7-12;;;/h1-4,7-8,11,25H,5-6,9-10H2,(H2,24,28)(H2,23,26,27);3*1H. The van der Waals surface area contributed by atoms with Gasteiger partial charge in [-0.2, -0.15) is 10.1 Å². The van der Waals surface area contributed by atoms with Crippen LogP contribution in [0.5, 0.6) is 0 Å². The van der Waals surface area contributed by atoms with Crippen LogP contribution in [0.3, 0.4) is 0 Å². The summed E-state index contributed by atoms with van der Waals surface area (Å²) < 4.78 is 7.27. The summed E-state index contributed by atoms with van der Waals surface area (Å²) in [6, 6.07) is 12.4. The maximum absolute atomic E-state index is 6.24. The molecule has 3 aromatic heterocycles. The maximum atomic E-state index is 6.24. The minimum absolute atomic E-state index is 0. The van der Waals surface area contributed by atoms with Crippen LogP contribution in [0.15, 0.2) is 47.1 Å². The molecule has 0 spiro atoms. The smallest absolute Gasteiger partial charge is 0.292 e. The van der Waals surface area contributed by atoms with E-state index in [1.807, 2.05) is 22.9 Å². The topological polar surface area (TPSA) is 134 Å². The predicted molar refractivity (Wildman–Crippen MR) is 140 cm³/mol. The molecule has 34 heavy (non-hydrogen) atoms. The number of hydrogen-bond acceptors (Lipinski definition) is 8. The monoisotopic (exact) mass is 520 g/mol. The number of anilines is 2. The van der Waals surface area contributed by atoms with Gasteiger partial charge in [0.25, 0.3) is 6.01 Å². The number of nitrogen functional groups attached to an aromatic ring is 2. The average Bonchev–Trinajstić information content (AvgIpc) is 3.33. The molecule has 12 heteroatoms. The first-order valence-corrected chi connectivity index (χ1v) is 10.1. The van der Waals surface area contributed by atoms with Crippen molar-refractivity contribution in [2.45, 2.75) is 19.5 Å². The lowest BCUT2D eigenvalue weighted by Crippen LogP contribution is -2.23. The second-order valence-corrected chi connectivity index (χ2v) is 7.73. The quantitative estimate of drug-likeness (QED) is 0.327. The van der Waals surface area contributed by atoms with Crippen molar-refractivity contribution in [3.8, 4) is 11.3 Å². The third-order valence-electron chi connectivity index (χ3n) is 5.73. The minimum atomic E-state index is 0. The number of nitrogens with one attached hydrogen (secondary N) is 1. The van der Waals surface area contributed by atoms with Crippen LogP contribution in [0.25, 0.3) is 33.4 Å². The third kappa shape index (κ3) is 4.35. The Balaban J connectivity index is 0.00000108. The molecule has 5 aromatic rings. The SMILES string of the molecule is Cl.Cl.Cl.Nc1nc2cc(-c3nn(Cc4ccc5c(c4)CCNC5)c4ncnc(N)c34)ccc2o1. The summed E-state index contributed by atoms with van der Waals surface area (Å²) in [6.45, 7) is 2.51. The Hall–Kier alpha value is -3.11. The molecule has 0 unspecified atom stereocenters. The predicted octanol–water partition coefficient (Wildman–Crippen LogP) is 3.76. The Morgan fingerprint density at radius 3 is 2.71 bits per heavy atom. The van der Waals surface area contributed by atoms with Crippen LogP contribution in [0.2, 0.25) is 0 Å². The maximum Gasteiger partial charge on any atom is 0.292 e. The fraction of sp³-hybridized carbons (Fsp3) is 0.182. The van der Waals surface area contributed by atoms with Gasteiger partial charge in [0.15, 0.2) is 11.2 Å². The summed E-state index contributed by atoms with van der Waals surface area (Å²) in [6.07, 6.45) is 2.50. The molecule has 0 fully saturated rings. The zero-order chi connectivity index (χ0) is 20.9. The summed E-state index contributed by atoms with van der Waals surface area (Å²) in [4.78, 5) is 12.9. The number of nitrogens with two attached hydrogens (primary N) is 2. The highest BCUT2D eigenvalue weighted by Crippen LogP contribution is 2.32. The summed E-state index contributed by atoms with van der Waals surface area (Å²) in [5, 5.41) is 9.00. The minimum Gasteiger partial charge on any atom is -0.424 e. The second kappa shape index (κ2) is 10.0. The van der Waals surface area contributed by atoms with Gasteiger partial charge in [-0.25, -0.2) is 14.6 Å². The van der Waals surface area contributed by atoms with Crippen LogP contribution in [-0.4, -0.2) is 31.3 Å². The van der Waals surface area contributed by atoms with Crippen molar-refractivity contribution in [3.05, 3.63) is 59.4 Å². The molecule has 6 rings (SSSR count). The zero-order valence-corrected chi connectivity index (χ0v) is 20.3. The first-order valence-electron chi connectivity index (χ1n) is 10.1. The number of benzene rings is 2. The molecule has 0 saturated heterocycles. The van der Waals surface area contributed by atoms with Gasteiger partial charge in [0.05, 0.1) is 11.9 Å². The summed E-state index contributed by atoms with van der Waals surface area (Å²) >= 11 is 0. The van der Waals surface area contributed by atoms with Crippen molar-refractivity contribution in [1.29, 1.82) is 0 Å². The number of rotatable bonds is 3. The van der Waals surface area contributed by atoms with Gasteiger partial charge < -0.3 is 21.2 Å². The van der Waals surface area contributed by atoms with E-state index in [1.54, 1.807) is 0 Å². The van der Waals surface area contributed by atoms with Gasteiger partial charge >= 0.3 is 0 Å². The van der Waals surface area contributed by atoms with Gasteiger partial charge in [-0.3, -0.25) is 0 Å². The van der Waals surface area contributed by atoms with Gasteiger partial charge in [0.2, 0.25) is 0 Å². The van der Waals surface area contributed by atoms with E-state index in [0.29, 0.717) is 34.8 Å². The molecule has 1 aliphatic rings. The Morgan fingerprint density at radius 1 is 1.00 bits per heavy atom. The fourth-order valence-corrected chi connectivity index (χ4v) is 4.24. The lowest BCUT2D eigenvalue weighted by atomic mass is 9.98. The first kappa shape index (κ1) is 25.5. The van der Waals surface area contributed by atoms with E-state index in [1.165, 1.54) is 23.0 Å². The Labute approximate surface area is 213 Å². The highest BCUT2D eigenvalue weighted by molar-refractivity contribution is 5.99. The van der Waals surface area contributed by atoms with Crippen LogP contribution in [0.4, 0.5) is 11.8 Å². The number of hydrogen-bond donors (Lipinski definition) is 3. The number of halogens is 3. The van der Waals surface area contributed by atoms with Gasteiger partial charge in [0.1, 0.15) is 23.4 Å². The van der Waals surface area contributed by atoms with E-state index >= 15 is 0 Å². The molecule has 0 saturated carbocycles. The van der Waals surface area contributed by atoms with Gasteiger partial charge in [-0.15, -0.1) is 37.2 Å². The van der Waals surface area contributed by atoms with Crippen molar-refractivity contribution < 1.29 is 4.42 Å². The number of aromatic nitrogens is 5. The van der Waals surface area contributed by atoms with E-state index in [-0.39, 0.29) is 43.2 Å². The number of fused-ring (bicyclic) bond motifs is 3. The third-order valence-corrected chi connectivity index (χ3v) is 5.73. The molecule has 0 atom stereocenters. The van der Waals surface area contributed by atoms with Crippen LogP contribution in [0, 0.1) is 0 Å². The van der Waals surface area contributed by atoms with Crippen LogP contribution in [-0.2, 0) is 19.5 Å². The normalized spacial score (nSPS) is 12.5. The second-order valence-electron chi connectivity index (χ2n) is 7.73. The van der Waals surface area contributed by atoms with E-state index in [4.69, 9.17) is 21.0 Å². The number of nitrogens with zero attached hydrogens (tertiary/aromatic N) is 5. The summed E-state index contributed by atoms with van der Waals surface area (Å²) in [5.41, 5.74) is 19.4. The van der Waals surface area contributed by atoms with E-state index in [9.17, 15) is 0 Å². The average molecular weight is 522 g/mol. The molecule has 0 amide bonds. The van der Waals surface area contributed by atoms with Gasteiger partial charge in [-0.1, -0.05) is 18.2 Å². The molecule has 4 heterocycles. The van der Waals surface area contributed by atoms with Crippen LogP contribution < -0.4 is 16.8 Å². The van der Waals surface area contributed by atoms with Crippen molar-refractivity contribution in [2.75, 3.05) is 18.0 Å². The first-order chi connectivity index (χ1) is 15.2. The largest absolute Gasteiger partial charge is 0.424 e. The van der Waals surface area contributed by atoms with Gasteiger partial charge in [0, 0.05) is 12.1 Å². The van der Waals surface area contributed by atoms with Crippen molar-refractivity contribution >= 4 is 71.2 Å². The molecular formula is C22H23Cl3N8O. The molecule has 5 N–H and O–H groups in total. The van der Waals surface area contributed by atoms with Crippen molar-refractivity contribution in [2.24, 2.45) is 0 Å². The zero-order valence-electron chi connectivity index (χ0n) is 17.9. The molecular weight excluding hydrogens is 499 g/mol. The Kier molecular flexibility index (Phi) is 7.52.